The van der Waals surface area contributed by atoms with Gasteiger partial charge in [0.25, 0.3) is 0 Å². The van der Waals surface area contributed by atoms with Crippen molar-refractivity contribution in [2.45, 2.75) is 95.9 Å². The van der Waals surface area contributed by atoms with Gasteiger partial charge in [0.2, 0.25) is 0 Å². The molecule has 5 nitrogen and oxygen atoms in total. The predicted octanol–water partition coefficient (Wildman–Crippen LogP) is 4.62. The van der Waals surface area contributed by atoms with Gasteiger partial charge in [-0.2, -0.15) is 0 Å². The summed E-state index contributed by atoms with van der Waals surface area (Å²) in [5.74, 6) is -0.763. The minimum absolute atomic E-state index is 0.0306. The molecule has 0 saturated carbocycles. The Balaban J connectivity index is 2.10. The summed E-state index contributed by atoms with van der Waals surface area (Å²) in [6.07, 6.45) is 1.05. The monoisotopic (exact) mass is 435 g/mol. The van der Waals surface area contributed by atoms with E-state index in [0.717, 1.165) is 0 Å². The number of hydrogen-bond donors (Lipinski definition) is 2. The van der Waals surface area contributed by atoms with Crippen molar-refractivity contribution in [2.24, 2.45) is 0 Å². The van der Waals surface area contributed by atoms with Crippen molar-refractivity contribution in [2.75, 3.05) is 6.61 Å². The van der Waals surface area contributed by atoms with Crippen molar-refractivity contribution in [3.8, 4) is 0 Å². The molecule has 1 aromatic rings. The lowest BCUT2D eigenvalue weighted by atomic mass is 9.98. The molecule has 0 spiro atoms. The van der Waals surface area contributed by atoms with E-state index in [0.29, 0.717) is 13.0 Å². The van der Waals surface area contributed by atoms with Crippen LogP contribution in [0.15, 0.2) is 43.0 Å². The van der Waals surface area contributed by atoms with Crippen LogP contribution in [0.25, 0.3) is 0 Å². The summed E-state index contributed by atoms with van der Waals surface area (Å²) in [6.45, 7) is 19.6. The Bertz CT molecular complexity index is 672. The zero-order chi connectivity index (χ0) is 22.6. The molecule has 1 aliphatic rings. The highest BCUT2D eigenvalue weighted by molar-refractivity contribution is 6.74. The molecule has 170 valence electrons. The van der Waals surface area contributed by atoms with Crippen LogP contribution >= 0.6 is 0 Å². The van der Waals surface area contributed by atoms with E-state index < -0.39 is 26.3 Å². The van der Waals surface area contributed by atoms with Crippen LogP contribution < -0.4 is 5.32 Å². The van der Waals surface area contributed by atoms with Crippen LogP contribution in [-0.4, -0.2) is 50.2 Å². The largest absolute Gasteiger partial charge is 0.414 e. The van der Waals surface area contributed by atoms with E-state index in [4.69, 9.17) is 13.9 Å². The number of rotatable bonds is 10. The molecule has 6 heteroatoms. The third-order valence-corrected chi connectivity index (χ3v) is 10.7. The fourth-order valence-electron chi connectivity index (χ4n) is 3.39. The lowest BCUT2D eigenvalue weighted by Crippen LogP contribution is -2.51. The van der Waals surface area contributed by atoms with Crippen molar-refractivity contribution < 1.29 is 19.0 Å². The lowest BCUT2D eigenvalue weighted by molar-refractivity contribution is -0.158. The van der Waals surface area contributed by atoms with Gasteiger partial charge < -0.3 is 24.3 Å². The van der Waals surface area contributed by atoms with Crippen molar-refractivity contribution in [3.63, 3.8) is 0 Å². The van der Waals surface area contributed by atoms with Crippen LogP contribution in [-0.2, 0) is 20.4 Å². The van der Waals surface area contributed by atoms with Crippen LogP contribution in [0.5, 0.6) is 0 Å². The quantitative estimate of drug-likeness (QED) is 0.415. The first kappa shape index (κ1) is 25.2. The van der Waals surface area contributed by atoms with E-state index in [2.05, 4.69) is 57.9 Å². The predicted molar refractivity (Wildman–Crippen MR) is 125 cm³/mol. The van der Waals surface area contributed by atoms with Crippen LogP contribution in [0, 0.1) is 0 Å². The Labute approximate surface area is 183 Å². The topological polar surface area (TPSA) is 60.0 Å². The van der Waals surface area contributed by atoms with Gasteiger partial charge in [-0.15, -0.1) is 6.58 Å². The molecule has 1 aromatic carbocycles. The number of aliphatic hydroxyl groups is 1. The van der Waals surface area contributed by atoms with Gasteiger partial charge in [0.05, 0.1) is 6.61 Å². The maximum atomic E-state index is 11.0. The van der Waals surface area contributed by atoms with Crippen molar-refractivity contribution >= 4 is 8.32 Å². The van der Waals surface area contributed by atoms with E-state index in [9.17, 15) is 5.11 Å². The average Bonchev–Trinajstić information content (AvgIpc) is 2.98. The Morgan fingerprint density at radius 3 is 2.37 bits per heavy atom. The van der Waals surface area contributed by atoms with Crippen LogP contribution in [0.1, 0.15) is 46.6 Å². The maximum Gasteiger partial charge on any atom is 0.192 e. The number of aliphatic hydroxyl groups excluding tert-OH is 1. The zero-order valence-electron chi connectivity index (χ0n) is 19.8. The normalized spacial score (nSPS) is 23.9. The summed E-state index contributed by atoms with van der Waals surface area (Å²) in [5.41, 5.74) is 1.20. The van der Waals surface area contributed by atoms with Crippen LogP contribution in [0.3, 0.4) is 0 Å². The van der Waals surface area contributed by atoms with Gasteiger partial charge >= 0.3 is 0 Å². The Kier molecular flexibility index (Phi) is 8.47. The van der Waals surface area contributed by atoms with Crippen molar-refractivity contribution in [1.82, 2.24) is 5.32 Å². The van der Waals surface area contributed by atoms with Gasteiger partial charge in [0, 0.05) is 12.6 Å². The first-order valence-electron chi connectivity index (χ1n) is 10.9. The van der Waals surface area contributed by atoms with Gasteiger partial charge in [0.1, 0.15) is 18.3 Å². The molecule has 0 radical (unpaired) electrons. The first-order chi connectivity index (χ1) is 13.9. The van der Waals surface area contributed by atoms with E-state index in [-0.39, 0.29) is 23.8 Å². The number of hydrogen-bond acceptors (Lipinski definition) is 5. The molecule has 2 rings (SSSR count). The summed E-state index contributed by atoms with van der Waals surface area (Å²) in [4.78, 5) is 0. The van der Waals surface area contributed by atoms with Crippen molar-refractivity contribution in [1.29, 1.82) is 0 Å². The average molecular weight is 436 g/mol. The van der Waals surface area contributed by atoms with E-state index >= 15 is 0 Å². The van der Waals surface area contributed by atoms with Gasteiger partial charge in [-0.25, -0.2) is 0 Å². The minimum Gasteiger partial charge on any atom is -0.414 e. The molecule has 1 heterocycles. The molecule has 0 bridgehead atoms. The summed E-state index contributed by atoms with van der Waals surface area (Å²) >= 11 is 0. The molecule has 2 N–H and O–H groups in total. The highest BCUT2D eigenvalue weighted by Crippen LogP contribution is 2.38. The minimum atomic E-state index is -1.97. The SMILES string of the molecule is C=CC[C@H](NCc1ccccc1)[C@@H]1OC(C)(C)O[C@@H]1[C@H](O)CO[Si](C)(C)C(C)(C)C. The molecular weight excluding hydrogens is 394 g/mol. The summed E-state index contributed by atoms with van der Waals surface area (Å²) < 4.78 is 18.7. The van der Waals surface area contributed by atoms with E-state index in [1.165, 1.54) is 5.56 Å². The smallest absolute Gasteiger partial charge is 0.192 e. The molecule has 1 saturated heterocycles. The third kappa shape index (κ3) is 6.74. The highest BCUT2D eigenvalue weighted by atomic mass is 28.4. The van der Waals surface area contributed by atoms with Gasteiger partial charge in [-0.05, 0) is 44.0 Å². The standard InChI is InChI=1S/C24H41NO4Si/c1-9-13-19(25-16-18-14-11-10-12-15-18)21-22(29-24(5,6)28-21)20(26)17-27-30(7,8)23(2,3)4/h9-12,14-15,19-22,25-26H,1,13,16-17H2,2-8H3/t19-,20+,21-,22+/m0/s1. The van der Waals surface area contributed by atoms with Crippen molar-refractivity contribution in [3.05, 3.63) is 48.6 Å². The second kappa shape index (κ2) is 10.1. The first-order valence-corrected chi connectivity index (χ1v) is 13.8. The van der Waals surface area contributed by atoms with Crippen LogP contribution in [0.4, 0.5) is 0 Å². The molecule has 1 fully saturated rings. The Morgan fingerprint density at radius 1 is 1.20 bits per heavy atom. The van der Waals surface area contributed by atoms with Gasteiger partial charge in [0.15, 0.2) is 14.1 Å². The number of nitrogens with one attached hydrogen (secondary N) is 1. The Hall–Kier alpha value is -1.02. The molecule has 0 amide bonds. The maximum absolute atomic E-state index is 11.0. The lowest BCUT2D eigenvalue weighted by Gasteiger charge is -2.37. The second-order valence-corrected chi connectivity index (χ2v) is 15.0. The highest BCUT2D eigenvalue weighted by Gasteiger charge is 2.48. The fraction of sp³-hybridized carbons (Fsp3) is 0.667. The van der Waals surface area contributed by atoms with Crippen LogP contribution in [0.2, 0.25) is 18.1 Å². The summed E-state index contributed by atoms with van der Waals surface area (Å²) in [7, 11) is -1.97. The molecule has 0 aromatic heterocycles. The second-order valence-electron chi connectivity index (χ2n) is 10.2. The molecule has 1 aliphatic heterocycles. The van der Waals surface area contributed by atoms with Gasteiger partial charge in [-0.3, -0.25) is 0 Å². The Morgan fingerprint density at radius 2 is 1.80 bits per heavy atom. The van der Waals surface area contributed by atoms with E-state index in [1.54, 1.807) is 0 Å². The fourth-order valence-corrected chi connectivity index (χ4v) is 4.41. The molecular formula is C24H41NO4Si. The van der Waals surface area contributed by atoms with Gasteiger partial charge in [-0.1, -0.05) is 57.2 Å². The molecule has 0 unspecified atom stereocenters. The molecule has 30 heavy (non-hydrogen) atoms. The number of benzene rings is 1. The summed E-state index contributed by atoms with van der Waals surface area (Å²) in [6, 6.07) is 10.2. The number of ether oxygens (including phenoxy) is 2. The summed E-state index contributed by atoms with van der Waals surface area (Å²) in [5, 5.41) is 14.7. The zero-order valence-corrected chi connectivity index (χ0v) is 20.8. The third-order valence-electron chi connectivity index (χ3n) is 6.19. The molecule has 4 atom stereocenters. The molecule has 0 aliphatic carbocycles. The van der Waals surface area contributed by atoms with E-state index in [1.807, 2.05) is 38.1 Å².